The molecule has 8 nitrogen and oxygen atoms in total. The van der Waals surface area contributed by atoms with Gasteiger partial charge in [-0.3, -0.25) is 4.79 Å². The van der Waals surface area contributed by atoms with Crippen LogP contribution in [0.2, 0.25) is 0 Å². The van der Waals surface area contributed by atoms with Gasteiger partial charge in [0.05, 0.1) is 31.8 Å². The maximum absolute atomic E-state index is 11.6. The fraction of sp³-hybridized carbons (Fsp3) is 0.381. The number of carbonyl (C=O) groups excluding carboxylic acids is 1. The molecule has 1 saturated heterocycles. The van der Waals surface area contributed by atoms with E-state index < -0.39 is 0 Å². The van der Waals surface area contributed by atoms with E-state index in [1.165, 1.54) is 0 Å². The van der Waals surface area contributed by atoms with Crippen LogP contribution < -0.4 is 19.5 Å². The summed E-state index contributed by atoms with van der Waals surface area (Å²) in [5.74, 6) is 1.94. The third kappa shape index (κ3) is 3.57. The van der Waals surface area contributed by atoms with Crippen molar-refractivity contribution in [2.45, 2.75) is 19.4 Å². The number of ether oxygens (including phenoxy) is 3. The van der Waals surface area contributed by atoms with Gasteiger partial charge in [-0.15, -0.1) is 0 Å². The van der Waals surface area contributed by atoms with Crippen molar-refractivity contribution in [3.8, 4) is 28.6 Å². The van der Waals surface area contributed by atoms with Crippen LogP contribution in [-0.4, -0.2) is 47.3 Å². The van der Waals surface area contributed by atoms with Crippen LogP contribution in [0.4, 0.5) is 0 Å². The molecule has 1 aliphatic heterocycles. The molecule has 152 valence electrons. The van der Waals surface area contributed by atoms with Crippen LogP contribution in [0.25, 0.3) is 22.3 Å². The van der Waals surface area contributed by atoms with Gasteiger partial charge in [0.15, 0.2) is 11.5 Å². The number of hydrogen-bond acceptors (Lipinski definition) is 6. The van der Waals surface area contributed by atoms with Crippen molar-refractivity contribution in [1.82, 2.24) is 19.9 Å². The smallest absolute Gasteiger partial charge is 0.241 e. The lowest BCUT2D eigenvalue weighted by atomic mass is 10.0. The van der Waals surface area contributed by atoms with E-state index in [1.54, 1.807) is 20.5 Å². The standard InChI is InChI=1S/C21H24N4O4/c1-12(14-8-19(26)22-10-14)29-21-20-16(23-11-25(20)2)9-15(24-21)13-5-6-17(27-3)18(7-13)28-4/h5-7,9,11-12,14H,8,10H2,1-4H3,(H,22,26)/t12-,14-/m1/s1. The van der Waals surface area contributed by atoms with E-state index >= 15 is 0 Å². The van der Waals surface area contributed by atoms with Crippen LogP contribution in [0.5, 0.6) is 17.4 Å². The molecule has 1 aromatic carbocycles. The number of benzene rings is 1. The molecule has 0 unspecified atom stereocenters. The predicted octanol–water partition coefficient (Wildman–Crippen LogP) is 2.56. The maximum atomic E-state index is 11.6. The molecule has 1 N–H and O–H groups in total. The fourth-order valence-corrected chi connectivity index (χ4v) is 3.60. The number of fused-ring (bicyclic) bond motifs is 1. The molecule has 0 aliphatic carbocycles. The Morgan fingerprint density at radius 3 is 2.69 bits per heavy atom. The van der Waals surface area contributed by atoms with Crippen LogP contribution in [0.3, 0.4) is 0 Å². The summed E-state index contributed by atoms with van der Waals surface area (Å²) >= 11 is 0. The molecule has 3 aromatic rings. The number of aromatic nitrogens is 3. The van der Waals surface area contributed by atoms with Crippen LogP contribution in [0.15, 0.2) is 30.6 Å². The minimum absolute atomic E-state index is 0.0585. The lowest BCUT2D eigenvalue weighted by Gasteiger charge is -2.20. The zero-order valence-electron chi connectivity index (χ0n) is 16.9. The summed E-state index contributed by atoms with van der Waals surface area (Å²) < 4.78 is 18.9. The SMILES string of the molecule is COc1ccc(-c2cc3ncn(C)c3c(O[C@H](C)[C@H]3CNC(=O)C3)n2)cc1OC. The van der Waals surface area contributed by atoms with Gasteiger partial charge >= 0.3 is 0 Å². The highest BCUT2D eigenvalue weighted by atomic mass is 16.5. The lowest BCUT2D eigenvalue weighted by Crippen LogP contribution is -2.26. The molecule has 2 atom stereocenters. The topological polar surface area (TPSA) is 87.5 Å². The Labute approximate surface area is 168 Å². The number of pyridine rings is 1. The van der Waals surface area contributed by atoms with Crippen LogP contribution in [-0.2, 0) is 11.8 Å². The third-order valence-electron chi connectivity index (χ3n) is 5.31. The quantitative estimate of drug-likeness (QED) is 0.689. The number of nitrogens with zero attached hydrogens (tertiary/aromatic N) is 3. The summed E-state index contributed by atoms with van der Waals surface area (Å²) in [5, 5.41) is 2.86. The van der Waals surface area contributed by atoms with Gasteiger partial charge in [0, 0.05) is 31.5 Å². The van der Waals surface area contributed by atoms with E-state index in [1.807, 2.05) is 42.8 Å². The molecule has 0 radical (unpaired) electrons. The average Bonchev–Trinajstić information content (AvgIpc) is 3.33. The van der Waals surface area contributed by atoms with E-state index in [-0.39, 0.29) is 17.9 Å². The van der Waals surface area contributed by atoms with E-state index in [0.717, 1.165) is 22.3 Å². The van der Waals surface area contributed by atoms with E-state index in [2.05, 4.69) is 10.3 Å². The first-order valence-electron chi connectivity index (χ1n) is 9.48. The number of imidazole rings is 1. The Balaban J connectivity index is 1.74. The maximum Gasteiger partial charge on any atom is 0.241 e. The Morgan fingerprint density at radius 2 is 2.00 bits per heavy atom. The van der Waals surface area contributed by atoms with Crippen LogP contribution in [0, 0.1) is 5.92 Å². The summed E-state index contributed by atoms with van der Waals surface area (Å²) in [6.07, 6.45) is 2.04. The molecule has 3 heterocycles. The minimum Gasteiger partial charge on any atom is -0.493 e. The molecule has 1 aliphatic rings. The van der Waals surface area contributed by atoms with E-state index in [9.17, 15) is 4.79 Å². The van der Waals surface area contributed by atoms with Crippen molar-refractivity contribution in [2.75, 3.05) is 20.8 Å². The summed E-state index contributed by atoms with van der Waals surface area (Å²) in [6, 6.07) is 7.57. The Bertz CT molecular complexity index is 1060. The van der Waals surface area contributed by atoms with Crippen molar-refractivity contribution in [2.24, 2.45) is 13.0 Å². The number of amides is 1. The largest absolute Gasteiger partial charge is 0.493 e. The summed E-state index contributed by atoms with van der Waals surface area (Å²) in [4.78, 5) is 20.8. The monoisotopic (exact) mass is 396 g/mol. The molecule has 2 aromatic heterocycles. The third-order valence-corrected chi connectivity index (χ3v) is 5.31. The molecular formula is C21H24N4O4. The highest BCUT2D eigenvalue weighted by Crippen LogP contribution is 2.35. The van der Waals surface area contributed by atoms with E-state index in [4.69, 9.17) is 19.2 Å². The molecule has 8 heteroatoms. The molecule has 4 rings (SSSR count). The van der Waals surface area contributed by atoms with Crippen molar-refractivity contribution in [3.05, 3.63) is 30.6 Å². The molecule has 0 bridgehead atoms. The second-order valence-corrected chi connectivity index (χ2v) is 7.20. The average molecular weight is 396 g/mol. The highest BCUT2D eigenvalue weighted by molar-refractivity contribution is 5.85. The molecule has 29 heavy (non-hydrogen) atoms. The van der Waals surface area contributed by atoms with Gasteiger partial charge in [-0.2, -0.15) is 0 Å². The minimum atomic E-state index is -0.166. The first-order valence-corrected chi connectivity index (χ1v) is 9.48. The molecule has 0 saturated carbocycles. The van der Waals surface area contributed by atoms with E-state index in [0.29, 0.717) is 30.3 Å². The van der Waals surface area contributed by atoms with Crippen molar-refractivity contribution in [3.63, 3.8) is 0 Å². The molecule has 0 spiro atoms. The lowest BCUT2D eigenvalue weighted by molar-refractivity contribution is -0.119. The van der Waals surface area contributed by atoms with Crippen molar-refractivity contribution >= 4 is 16.9 Å². The van der Waals surface area contributed by atoms with Gasteiger partial charge in [-0.25, -0.2) is 9.97 Å². The molecule has 1 amide bonds. The van der Waals surface area contributed by atoms with Gasteiger partial charge in [0.25, 0.3) is 0 Å². The summed E-state index contributed by atoms with van der Waals surface area (Å²) in [7, 11) is 5.11. The summed E-state index contributed by atoms with van der Waals surface area (Å²) in [6.45, 7) is 2.59. The Kier molecular flexibility index (Phi) is 5.00. The molecule has 1 fully saturated rings. The number of nitrogens with one attached hydrogen (secondary N) is 1. The normalized spacial score (nSPS) is 17.2. The second-order valence-electron chi connectivity index (χ2n) is 7.20. The van der Waals surface area contributed by atoms with Crippen molar-refractivity contribution in [1.29, 1.82) is 0 Å². The van der Waals surface area contributed by atoms with Crippen molar-refractivity contribution < 1.29 is 19.0 Å². The first kappa shape index (κ1) is 19.0. The van der Waals surface area contributed by atoms with Gasteiger partial charge in [0.2, 0.25) is 11.8 Å². The number of aryl methyl sites for hydroxylation is 1. The number of hydrogen-bond donors (Lipinski definition) is 1. The zero-order valence-corrected chi connectivity index (χ0v) is 16.9. The highest BCUT2D eigenvalue weighted by Gasteiger charge is 2.29. The second kappa shape index (κ2) is 7.62. The predicted molar refractivity (Wildman–Crippen MR) is 108 cm³/mol. The van der Waals surface area contributed by atoms with Gasteiger partial charge in [0.1, 0.15) is 11.6 Å². The van der Waals surface area contributed by atoms with Gasteiger partial charge in [-0.1, -0.05) is 0 Å². The van der Waals surface area contributed by atoms with Gasteiger partial charge in [-0.05, 0) is 31.2 Å². The molecular weight excluding hydrogens is 372 g/mol. The number of rotatable bonds is 6. The fourth-order valence-electron chi connectivity index (χ4n) is 3.60. The Morgan fingerprint density at radius 1 is 1.21 bits per heavy atom. The summed E-state index contributed by atoms with van der Waals surface area (Å²) in [5.41, 5.74) is 3.19. The number of methoxy groups -OCH3 is 2. The zero-order chi connectivity index (χ0) is 20.5. The van der Waals surface area contributed by atoms with Gasteiger partial charge < -0.3 is 24.1 Å². The van der Waals surface area contributed by atoms with Crippen LogP contribution >= 0.6 is 0 Å². The first-order chi connectivity index (χ1) is 14.0. The Hall–Kier alpha value is -3.29. The van der Waals surface area contributed by atoms with Crippen LogP contribution in [0.1, 0.15) is 13.3 Å². The number of carbonyl (C=O) groups is 1.